The second-order valence-corrected chi connectivity index (χ2v) is 4.35. The molecule has 0 bridgehead atoms. The molecule has 0 saturated heterocycles. The van der Waals surface area contributed by atoms with Crippen LogP contribution < -0.4 is 5.73 Å². The molecule has 84 valence electrons. The molecule has 0 saturated carbocycles. The van der Waals surface area contributed by atoms with Gasteiger partial charge in [0.2, 0.25) is 0 Å². The van der Waals surface area contributed by atoms with E-state index < -0.39 is 5.41 Å². The molecule has 0 aliphatic heterocycles. The van der Waals surface area contributed by atoms with Crippen molar-refractivity contribution in [2.45, 2.75) is 40.0 Å². The van der Waals surface area contributed by atoms with Crippen LogP contribution in [0.15, 0.2) is 0 Å². The molecule has 0 fully saturated rings. The summed E-state index contributed by atoms with van der Waals surface area (Å²) >= 11 is 0. The molecule has 0 heterocycles. The molecule has 0 spiro atoms. The fourth-order valence-corrected chi connectivity index (χ4v) is 1.86. The molecule has 2 N–H and O–H groups in total. The van der Waals surface area contributed by atoms with E-state index in [1.807, 2.05) is 6.92 Å². The lowest BCUT2D eigenvalue weighted by Gasteiger charge is -2.27. The van der Waals surface area contributed by atoms with E-state index in [1.54, 1.807) is 0 Å². The van der Waals surface area contributed by atoms with Crippen LogP contribution in [0.5, 0.6) is 0 Å². The Hall–Kier alpha value is -0.570. The Labute approximate surface area is 87.0 Å². The number of carbonyl (C=O) groups excluding carboxylic acids is 1. The van der Waals surface area contributed by atoms with Gasteiger partial charge in [-0.15, -0.1) is 0 Å². The third kappa shape index (κ3) is 3.66. The van der Waals surface area contributed by atoms with Gasteiger partial charge in [0.25, 0.3) is 0 Å². The first kappa shape index (κ1) is 13.4. The van der Waals surface area contributed by atoms with E-state index in [1.165, 1.54) is 7.11 Å². The summed E-state index contributed by atoms with van der Waals surface area (Å²) < 4.78 is 4.77. The fraction of sp³-hybridized carbons (Fsp3) is 0.909. The number of nitrogens with two attached hydrogens (primary N) is 1. The van der Waals surface area contributed by atoms with Gasteiger partial charge in [-0.05, 0) is 19.3 Å². The van der Waals surface area contributed by atoms with Gasteiger partial charge in [-0.3, -0.25) is 4.79 Å². The Kier molecular flexibility index (Phi) is 5.77. The number of methoxy groups -OCH3 is 1. The highest BCUT2D eigenvalue weighted by Crippen LogP contribution is 2.28. The lowest BCUT2D eigenvalue weighted by molar-refractivity contribution is -0.152. The predicted molar refractivity (Wildman–Crippen MR) is 57.9 cm³/mol. The zero-order valence-corrected chi connectivity index (χ0v) is 9.80. The van der Waals surface area contributed by atoms with Crippen molar-refractivity contribution in [2.75, 3.05) is 13.7 Å². The van der Waals surface area contributed by atoms with E-state index in [9.17, 15) is 4.79 Å². The summed E-state index contributed by atoms with van der Waals surface area (Å²) in [5.74, 6) is 0.329. The Morgan fingerprint density at radius 2 is 2.14 bits per heavy atom. The van der Waals surface area contributed by atoms with E-state index >= 15 is 0 Å². The van der Waals surface area contributed by atoms with Crippen LogP contribution in [-0.2, 0) is 9.53 Å². The van der Waals surface area contributed by atoms with Gasteiger partial charge in [0, 0.05) is 6.54 Å². The maximum atomic E-state index is 11.5. The lowest BCUT2D eigenvalue weighted by Crippen LogP contribution is -2.38. The molecule has 2 unspecified atom stereocenters. The van der Waals surface area contributed by atoms with Crippen molar-refractivity contribution >= 4 is 5.97 Å². The minimum absolute atomic E-state index is 0.192. The van der Waals surface area contributed by atoms with Gasteiger partial charge in [0.05, 0.1) is 12.5 Å². The molecule has 0 rings (SSSR count). The molecule has 0 amide bonds. The molecular formula is C11H23NO2. The van der Waals surface area contributed by atoms with Gasteiger partial charge in [-0.25, -0.2) is 0 Å². The van der Waals surface area contributed by atoms with Crippen molar-refractivity contribution in [3.63, 3.8) is 0 Å². The van der Waals surface area contributed by atoms with Crippen molar-refractivity contribution in [2.24, 2.45) is 17.1 Å². The third-order valence-electron chi connectivity index (χ3n) is 2.71. The van der Waals surface area contributed by atoms with Crippen LogP contribution in [0.25, 0.3) is 0 Å². The largest absolute Gasteiger partial charge is 0.469 e. The number of hydrogen-bond acceptors (Lipinski definition) is 3. The average Bonchev–Trinajstić information content (AvgIpc) is 2.16. The Morgan fingerprint density at radius 1 is 1.57 bits per heavy atom. The minimum Gasteiger partial charge on any atom is -0.469 e. The summed E-state index contributed by atoms with van der Waals surface area (Å²) in [5, 5.41) is 0. The lowest BCUT2D eigenvalue weighted by atomic mass is 9.80. The smallest absolute Gasteiger partial charge is 0.312 e. The molecule has 0 aliphatic rings. The van der Waals surface area contributed by atoms with E-state index in [-0.39, 0.29) is 5.97 Å². The maximum absolute atomic E-state index is 11.5. The van der Waals surface area contributed by atoms with Crippen LogP contribution in [0.4, 0.5) is 0 Å². The minimum atomic E-state index is -0.511. The molecule has 3 nitrogen and oxygen atoms in total. The quantitative estimate of drug-likeness (QED) is 0.668. The molecule has 0 radical (unpaired) electrons. The zero-order chi connectivity index (χ0) is 11.2. The summed E-state index contributed by atoms with van der Waals surface area (Å²) in [4.78, 5) is 11.5. The Morgan fingerprint density at radius 3 is 2.50 bits per heavy atom. The summed E-state index contributed by atoms with van der Waals surface area (Å²) in [7, 11) is 1.42. The predicted octanol–water partition coefficient (Wildman–Crippen LogP) is 1.95. The first-order valence-corrected chi connectivity index (χ1v) is 5.28. The fourth-order valence-electron chi connectivity index (χ4n) is 1.86. The van der Waals surface area contributed by atoms with Crippen molar-refractivity contribution in [1.82, 2.24) is 0 Å². The molecule has 0 aromatic heterocycles. The van der Waals surface area contributed by atoms with Gasteiger partial charge < -0.3 is 10.5 Å². The van der Waals surface area contributed by atoms with Gasteiger partial charge in [-0.2, -0.15) is 0 Å². The molecule has 2 atom stereocenters. The van der Waals surface area contributed by atoms with Crippen LogP contribution in [0, 0.1) is 11.3 Å². The first-order valence-electron chi connectivity index (χ1n) is 5.28. The Bertz CT molecular complexity index is 182. The number of esters is 1. The normalized spacial score (nSPS) is 17.2. The molecule has 0 aromatic rings. The SMILES string of the molecule is CCCC(C)CC(C)(CN)C(=O)OC. The van der Waals surface area contributed by atoms with E-state index in [0.29, 0.717) is 12.5 Å². The van der Waals surface area contributed by atoms with Gasteiger partial charge in [-0.1, -0.05) is 26.7 Å². The topological polar surface area (TPSA) is 52.3 Å². The van der Waals surface area contributed by atoms with Crippen LogP contribution >= 0.6 is 0 Å². The number of carbonyl (C=O) groups is 1. The first-order chi connectivity index (χ1) is 6.50. The van der Waals surface area contributed by atoms with Crippen molar-refractivity contribution in [3.05, 3.63) is 0 Å². The van der Waals surface area contributed by atoms with Gasteiger partial charge in [0.15, 0.2) is 0 Å². The maximum Gasteiger partial charge on any atom is 0.312 e. The van der Waals surface area contributed by atoms with Crippen LogP contribution in [0.1, 0.15) is 40.0 Å². The number of rotatable bonds is 6. The summed E-state index contributed by atoms with van der Waals surface area (Å²) in [5.41, 5.74) is 5.12. The van der Waals surface area contributed by atoms with E-state index in [0.717, 1.165) is 19.3 Å². The highest BCUT2D eigenvalue weighted by atomic mass is 16.5. The second-order valence-electron chi connectivity index (χ2n) is 4.35. The summed E-state index contributed by atoms with van der Waals surface area (Å²) in [6, 6.07) is 0. The van der Waals surface area contributed by atoms with E-state index in [2.05, 4.69) is 13.8 Å². The highest BCUT2D eigenvalue weighted by molar-refractivity contribution is 5.76. The van der Waals surface area contributed by atoms with E-state index in [4.69, 9.17) is 10.5 Å². The highest BCUT2D eigenvalue weighted by Gasteiger charge is 2.34. The summed E-state index contributed by atoms with van der Waals surface area (Å²) in [6.45, 7) is 6.54. The van der Waals surface area contributed by atoms with Crippen LogP contribution in [0.3, 0.4) is 0 Å². The number of ether oxygens (including phenoxy) is 1. The van der Waals surface area contributed by atoms with Gasteiger partial charge in [0.1, 0.15) is 0 Å². The average molecular weight is 201 g/mol. The van der Waals surface area contributed by atoms with Crippen molar-refractivity contribution in [1.29, 1.82) is 0 Å². The standard InChI is InChI=1S/C11H23NO2/c1-5-6-9(2)7-11(3,8-12)10(13)14-4/h9H,5-8,12H2,1-4H3. The number of hydrogen-bond donors (Lipinski definition) is 1. The summed E-state index contributed by atoms with van der Waals surface area (Å²) in [6.07, 6.45) is 3.08. The van der Waals surface area contributed by atoms with Gasteiger partial charge >= 0.3 is 5.97 Å². The van der Waals surface area contributed by atoms with Crippen LogP contribution in [0.2, 0.25) is 0 Å². The molecular weight excluding hydrogens is 178 g/mol. The Balaban J connectivity index is 4.31. The van der Waals surface area contributed by atoms with Crippen molar-refractivity contribution in [3.8, 4) is 0 Å². The molecule has 0 aliphatic carbocycles. The molecule has 14 heavy (non-hydrogen) atoms. The zero-order valence-electron chi connectivity index (χ0n) is 9.80. The van der Waals surface area contributed by atoms with Crippen molar-refractivity contribution < 1.29 is 9.53 Å². The third-order valence-corrected chi connectivity index (χ3v) is 2.71. The van der Waals surface area contributed by atoms with Crippen LogP contribution in [-0.4, -0.2) is 19.6 Å². The monoisotopic (exact) mass is 201 g/mol. The molecule has 0 aromatic carbocycles. The second kappa shape index (κ2) is 6.02. The molecule has 3 heteroatoms.